The van der Waals surface area contributed by atoms with Crippen molar-refractivity contribution in [3.8, 4) is 0 Å². The summed E-state index contributed by atoms with van der Waals surface area (Å²) in [5.74, 6) is -0.771. The lowest BCUT2D eigenvalue weighted by atomic mass is 10.1. The van der Waals surface area contributed by atoms with Crippen molar-refractivity contribution in [3.05, 3.63) is 22.3 Å². The van der Waals surface area contributed by atoms with Gasteiger partial charge in [-0.2, -0.15) is 5.10 Å². The number of carbonyl (C=O) groups is 2. The fourth-order valence-corrected chi connectivity index (χ4v) is 2.03. The minimum atomic E-state index is -0.584. The summed E-state index contributed by atoms with van der Waals surface area (Å²) >= 11 is 0. The van der Waals surface area contributed by atoms with Gasteiger partial charge < -0.3 is 9.64 Å². The Labute approximate surface area is 108 Å². The van der Waals surface area contributed by atoms with Crippen LogP contribution >= 0.6 is 0 Å². The number of hydrogen-bond acceptors (Lipinski definition) is 5. The largest absolute Gasteiger partial charge is 0.464 e. The second-order valence-electron chi connectivity index (χ2n) is 4.11. The van der Waals surface area contributed by atoms with E-state index in [9.17, 15) is 9.59 Å². The third-order valence-electron chi connectivity index (χ3n) is 2.91. The number of esters is 1. The van der Waals surface area contributed by atoms with Gasteiger partial charge in [0.2, 0.25) is 5.91 Å². The molecule has 0 aromatic carbocycles. The summed E-state index contributed by atoms with van der Waals surface area (Å²) < 4.78 is 4.61. The van der Waals surface area contributed by atoms with Crippen molar-refractivity contribution < 1.29 is 14.3 Å². The molecule has 19 heavy (non-hydrogen) atoms. The number of aromatic amines is 1. The number of ether oxygens (including phenoxy) is 1. The summed E-state index contributed by atoms with van der Waals surface area (Å²) in [6.07, 6.45) is 1.69. The number of carbonyl (C=O) groups excluding carboxylic acids is 2. The number of nitrogens with one attached hydrogen (secondary N) is 1. The first-order valence-electron chi connectivity index (χ1n) is 5.60. The van der Waals surface area contributed by atoms with E-state index in [0.717, 1.165) is 0 Å². The lowest BCUT2D eigenvalue weighted by molar-refractivity contribution is -0.117. The van der Waals surface area contributed by atoms with Crippen molar-refractivity contribution in [1.82, 2.24) is 10.2 Å². The van der Waals surface area contributed by atoms with E-state index in [1.165, 1.54) is 18.2 Å². The Balaban J connectivity index is 2.19. The van der Waals surface area contributed by atoms with Gasteiger partial charge in [0.25, 0.3) is 0 Å². The van der Waals surface area contributed by atoms with Crippen molar-refractivity contribution in [2.45, 2.75) is 6.42 Å². The number of methoxy groups -OCH3 is 1. The molecule has 1 fully saturated rings. The molecule has 1 aromatic rings. The predicted molar refractivity (Wildman–Crippen MR) is 64.4 cm³/mol. The van der Waals surface area contributed by atoms with Gasteiger partial charge in [-0.25, -0.2) is 4.79 Å². The van der Waals surface area contributed by atoms with Gasteiger partial charge in [-0.1, -0.05) is 5.11 Å². The van der Waals surface area contributed by atoms with Crippen LogP contribution in [0.5, 0.6) is 0 Å². The van der Waals surface area contributed by atoms with Crippen LogP contribution in [0.2, 0.25) is 0 Å². The fraction of sp³-hybridized carbons (Fsp3) is 0.500. The molecule has 1 aromatic heterocycles. The Morgan fingerprint density at radius 2 is 2.58 bits per heavy atom. The van der Waals surface area contributed by atoms with Crippen molar-refractivity contribution >= 4 is 17.6 Å². The normalized spacial score (nSPS) is 18.3. The van der Waals surface area contributed by atoms with E-state index in [0.29, 0.717) is 12.2 Å². The number of rotatable bonds is 4. The highest BCUT2D eigenvalue weighted by molar-refractivity contribution is 6.02. The second kappa shape index (κ2) is 5.40. The molecule has 1 unspecified atom stereocenters. The molecular weight excluding hydrogens is 252 g/mol. The number of amides is 1. The minimum absolute atomic E-state index is 0.0520. The van der Waals surface area contributed by atoms with Crippen LogP contribution in [0.4, 0.5) is 5.69 Å². The van der Waals surface area contributed by atoms with Gasteiger partial charge in [-0.05, 0) is 11.4 Å². The molecular formula is C10H12N6O3. The van der Waals surface area contributed by atoms with Crippen LogP contribution < -0.4 is 4.90 Å². The van der Waals surface area contributed by atoms with Crippen LogP contribution in [0.25, 0.3) is 10.4 Å². The maximum atomic E-state index is 11.9. The third-order valence-corrected chi connectivity index (χ3v) is 2.91. The van der Waals surface area contributed by atoms with E-state index in [2.05, 4.69) is 25.0 Å². The molecule has 1 aliphatic rings. The van der Waals surface area contributed by atoms with E-state index in [4.69, 9.17) is 5.53 Å². The molecule has 0 radical (unpaired) electrons. The van der Waals surface area contributed by atoms with E-state index in [-0.39, 0.29) is 30.5 Å². The number of hydrogen-bond donors (Lipinski definition) is 1. The lowest BCUT2D eigenvalue weighted by Crippen LogP contribution is -2.26. The van der Waals surface area contributed by atoms with Crippen molar-refractivity contribution in [1.29, 1.82) is 0 Å². The van der Waals surface area contributed by atoms with Gasteiger partial charge in [0.05, 0.1) is 19.0 Å². The van der Waals surface area contributed by atoms with E-state index in [1.807, 2.05) is 0 Å². The number of azide groups is 1. The Bertz CT molecular complexity index is 547. The molecule has 1 aliphatic heterocycles. The molecule has 1 saturated heterocycles. The molecule has 0 bridgehead atoms. The van der Waals surface area contributed by atoms with Crippen LogP contribution in [-0.2, 0) is 9.53 Å². The van der Waals surface area contributed by atoms with E-state index in [1.54, 1.807) is 0 Å². The average molecular weight is 264 g/mol. The van der Waals surface area contributed by atoms with Crippen LogP contribution in [0.3, 0.4) is 0 Å². The van der Waals surface area contributed by atoms with Gasteiger partial charge in [-0.15, -0.1) is 0 Å². The standard InChI is InChI=1S/C10H12N6O3/c1-19-10(18)9-7(4-12-14-9)16-5-6(2-8(16)17)3-13-15-11/h4,6H,2-3,5H2,1H3,(H,12,14). The number of aromatic nitrogens is 2. The SMILES string of the molecule is COC(=O)c1[nH]ncc1N1CC(CN=[N+]=[N-])CC1=O. The predicted octanol–water partition coefficient (Wildman–Crippen LogP) is 0.859. The van der Waals surface area contributed by atoms with E-state index >= 15 is 0 Å². The number of nitrogens with zero attached hydrogens (tertiary/aromatic N) is 5. The molecule has 0 spiro atoms. The van der Waals surface area contributed by atoms with Gasteiger partial charge in [0.15, 0.2) is 5.69 Å². The Kier molecular flexibility index (Phi) is 3.67. The zero-order chi connectivity index (χ0) is 13.8. The Morgan fingerprint density at radius 3 is 3.26 bits per heavy atom. The molecule has 2 rings (SSSR count). The zero-order valence-corrected chi connectivity index (χ0v) is 10.2. The molecule has 1 N–H and O–H groups in total. The Morgan fingerprint density at radius 1 is 1.79 bits per heavy atom. The maximum Gasteiger partial charge on any atom is 0.358 e. The topological polar surface area (TPSA) is 124 Å². The first-order chi connectivity index (χ1) is 9.17. The molecule has 1 amide bonds. The summed E-state index contributed by atoms with van der Waals surface area (Å²) in [7, 11) is 1.25. The monoisotopic (exact) mass is 264 g/mol. The van der Waals surface area contributed by atoms with Gasteiger partial charge in [0, 0.05) is 24.4 Å². The third kappa shape index (κ3) is 2.50. The van der Waals surface area contributed by atoms with Crippen LogP contribution in [0.15, 0.2) is 11.3 Å². The first-order valence-corrected chi connectivity index (χ1v) is 5.60. The molecule has 9 heteroatoms. The van der Waals surface area contributed by atoms with Crippen LogP contribution in [0, 0.1) is 5.92 Å². The zero-order valence-electron chi connectivity index (χ0n) is 10.2. The van der Waals surface area contributed by atoms with Crippen molar-refractivity contribution in [2.75, 3.05) is 25.1 Å². The highest BCUT2D eigenvalue weighted by Gasteiger charge is 2.33. The summed E-state index contributed by atoms with van der Waals surface area (Å²) in [4.78, 5) is 27.5. The molecule has 1 atom stereocenters. The fourth-order valence-electron chi connectivity index (χ4n) is 2.03. The van der Waals surface area contributed by atoms with Gasteiger partial charge in [0.1, 0.15) is 0 Å². The summed E-state index contributed by atoms with van der Waals surface area (Å²) in [6.45, 7) is 0.644. The van der Waals surface area contributed by atoms with Crippen molar-refractivity contribution in [2.24, 2.45) is 11.0 Å². The number of anilines is 1. The highest BCUT2D eigenvalue weighted by Crippen LogP contribution is 2.27. The molecule has 100 valence electrons. The van der Waals surface area contributed by atoms with Gasteiger partial charge in [-0.3, -0.25) is 9.89 Å². The van der Waals surface area contributed by atoms with E-state index < -0.39 is 5.97 Å². The molecule has 9 nitrogen and oxygen atoms in total. The second-order valence-corrected chi connectivity index (χ2v) is 4.11. The number of H-pyrrole nitrogens is 1. The molecule has 2 heterocycles. The average Bonchev–Trinajstić information content (AvgIpc) is 3.01. The molecule has 0 saturated carbocycles. The van der Waals surface area contributed by atoms with Crippen molar-refractivity contribution in [3.63, 3.8) is 0 Å². The van der Waals surface area contributed by atoms with Crippen LogP contribution in [0.1, 0.15) is 16.9 Å². The first kappa shape index (κ1) is 12.9. The quantitative estimate of drug-likeness (QED) is 0.374. The lowest BCUT2D eigenvalue weighted by Gasteiger charge is -2.15. The summed E-state index contributed by atoms with van der Waals surface area (Å²) in [5.41, 5.74) is 8.80. The molecule has 0 aliphatic carbocycles. The van der Waals surface area contributed by atoms with Gasteiger partial charge >= 0.3 is 5.97 Å². The Hall–Kier alpha value is -2.54. The summed E-state index contributed by atoms with van der Waals surface area (Å²) in [5, 5.41) is 9.73. The minimum Gasteiger partial charge on any atom is -0.464 e. The maximum absolute atomic E-state index is 11.9. The summed E-state index contributed by atoms with van der Waals surface area (Å²) in [6, 6.07) is 0. The van der Waals surface area contributed by atoms with Crippen LogP contribution in [-0.4, -0.2) is 42.3 Å². The highest BCUT2D eigenvalue weighted by atomic mass is 16.5. The smallest absolute Gasteiger partial charge is 0.358 e.